The maximum Gasteiger partial charge on any atom is 0.141 e. The van der Waals surface area contributed by atoms with Crippen molar-refractivity contribution in [2.24, 2.45) is 12.8 Å². The molecule has 0 aliphatic heterocycles. The van der Waals surface area contributed by atoms with E-state index < -0.39 is 0 Å². The van der Waals surface area contributed by atoms with Crippen LogP contribution in [-0.2, 0) is 19.9 Å². The van der Waals surface area contributed by atoms with Crippen LogP contribution in [0.15, 0.2) is 24.3 Å². The van der Waals surface area contributed by atoms with Crippen molar-refractivity contribution < 1.29 is 0 Å². The second-order valence-electron chi connectivity index (χ2n) is 4.32. The Morgan fingerprint density at radius 2 is 1.94 bits per heavy atom. The van der Waals surface area contributed by atoms with Crippen molar-refractivity contribution in [3.8, 4) is 11.4 Å². The standard InChI is InChI=1S/C14H18ClN3/c1-3-10-4-6-11(7-5-10)14-17-12(8-9-16)13(15)18(14)2/h4-7H,3,8-9,16H2,1-2H3. The normalized spacial score (nSPS) is 10.9. The molecule has 0 saturated heterocycles. The van der Waals surface area contributed by atoms with Crippen molar-refractivity contribution in [1.29, 1.82) is 0 Å². The fraction of sp³-hybridized carbons (Fsp3) is 0.357. The molecule has 0 fully saturated rings. The predicted molar refractivity (Wildman–Crippen MR) is 75.8 cm³/mol. The van der Waals surface area contributed by atoms with Gasteiger partial charge in [-0.3, -0.25) is 0 Å². The van der Waals surface area contributed by atoms with Crippen molar-refractivity contribution in [3.63, 3.8) is 0 Å². The lowest BCUT2D eigenvalue weighted by Gasteiger charge is -2.03. The predicted octanol–water partition coefficient (Wildman–Crippen LogP) is 2.80. The maximum atomic E-state index is 6.25. The highest BCUT2D eigenvalue weighted by atomic mass is 35.5. The summed E-state index contributed by atoms with van der Waals surface area (Å²) >= 11 is 6.25. The summed E-state index contributed by atoms with van der Waals surface area (Å²) in [5, 5.41) is 0.676. The Hall–Kier alpha value is -1.32. The van der Waals surface area contributed by atoms with E-state index in [0.29, 0.717) is 18.1 Å². The number of rotatable bonds is 4. The van der Waals surface area contributed by atoms with E-state index in [0.717, 1.165) is 23.5 Å². The first-order chi connectivity index (χ1) is 8.67. The molecule has 3 nitrogen and oxygen atoms in total. The van der Waals surface area contributed by atoms with Gasteiger partial charge in [0.05, 0.1) is 5.69 Å². The van der Waals surface area contributed by atoms with E-state index in [4.69, 9.17) is 17.3 Å². The number of nitrogens with two attached hydrogens (primary N) is 1. The fourth-order valence-corrected chi connectivity index (χ4v) is 2.20. The van der Waals surface area contributed by atoms with Crippen molar-refractivity contribution in [2.45, 2.75) is 19.8 Å². The molecule has 96 valence electrons. The van der Waals surface area contributed by atoms with Crippen molar-refractivity contribution in [3.05, 3.63) is 40.7 Å². The second-order valence-corrected chi connectivity index (χ2v) is 4.68. The van der Waals surface area contributed by atoms with Crippen LogP contribution in [0.25, 0.3) is 11.4 Å². The van der Waals surface area contributed by atoms with E-state index in [-0.39, 0.29) is 0 Å². The lowest BCUT2D eigenvalue weighted by atomic mass is 10.1. The number of halogens is 1. The molecule has 1 heterocycles. The average Bonchev–Trinajstić information content (AvgIpc) is 2.68. The van der Waals surface area contributed by atoms with Gasteiger partial charge in [0.15, 0.2) is 0 Å². The van der Waals surface area contributed by atoms with Crippen molar-refractivity contribution in [1.82, 2.24) is 9.55 Å². The molecular formula is C14H18ClN3. The molecule has 2 aromatic rings. The summed E-state index contributed by atoms with van der Waals surface area (Å²) < 4.78 is 1.91. The summed E-state index contributed by atoms with van der Waals surface area (Å²) in [5.74, 6) is 0.895. The Morgan fingerprint density at radius 3 is 2.50 bits per heavy atom. The smallest absolute Gasteiger partial charge is 0.141 e. The summed E-state index contributed by atoms with van der Waals surface area (Å²) in [7, 11) is 1.93. The van der Waals surface area contributed by atoms with Crippen molar-refractivity contribution in [2.75, 3.05) is 6.54 Å². The van der Waals surface area contributed by atoms with Crippen LogP contribution in [0.2, 0.25) is 5.15 Å². The first-order valence-electron chi connectivity index (χ1n) is 6.17. The van der Waals surface area contributed by atoms with E-state index in [1.165, 1.54) is 5.56 Å². The van der Waals surface area contributed by atoms with E-state index >= 15 is 0 Å². The minimum atomic E-state index is 0.560. The van der Waals surface area contributed by atoms with Gasteiger partial charge in [-0.05, 0) is 18.5 Å². The molecule has 0 radical (unpaired) electrons. The SMILES string of the molecule is CCc1ccc(-c2nc(CCN)c(Cl)n2C)cc1. The van der Waals surface area contributed by atoms with Gasteiger partial charge in [-0.25, -0.2) is 4.98 Å². The molecule has 0 aliphatic rings. The molecule has 2 rings (SSSR count). The highest BCUT2D eigenvalue weighted by molar-refractivity contribution is 6.30. The molecule has 4 heteroatoms. The van der Waals surface area contributed by atoms with Gasteiger partial charge >= 0.3 is 0 Å². The number of hydrogen-bond donors (Lipinski definition) is 1. The fourth-order valence-electron chi connectivity index (χ4n) is 1.98. The third-order valence-corrected chi connectivity index (χ3v) is 3.56. The molecule has 0 saturated carbocycles. The molecule has 0 amide bonds. The van der Waals surface area contributed by atoms with Crippen LogP contribution < -0.4 is 5.73 Å². The minimum absolute atomic E-state index is 0.560. The average molecular weight is 264 g/mol. The Bertz CT molecular complexity index is 529. The minimum Gasteiger partial charge on any atom is -0.330 e. The lowest BCUT2D eigenvalue weighted by molar-refractivity contribution is 0.913. The van der Waals surface area contributed by atoms with Gasteiger partial charge in [0.1, 0.15) is 11.0 Å². The summed E-state index contributed by atoms with van der Waals surface area (Å²) in [5.41, 5.74) is 8.83. The molecular weight excluding hydrogens is 246 g/mol. The largest absolute Gasteiger partial charge is 0.330 e. The highest BCUT2D eigenvalue weighted by Gasteiger charge is 2.13. The molecule has 0 unspecified atom stereocenters. The molecule has 18 heavy (non-hydrogen) atoms. The van der Waals surface area contributed by atoms with Gasteiger partial charge in [-0.1, -0.05) is 42.8 Å². The Morgan fingerprint density at radius 1 is 1.28 bits per heavy atom. The Labute approximate surface area is 113 Å². The first kappa shape index (κ1) is 13.1. The van der Waals surface area contributed by atoms with Crippen LogP contribution in [0.5, 0.6) is 0 Å². The number of aromatic nitrogens is 2. The zero-order valence-corrected chi connectivity index (χ0v) is 11.5. The number of imidazole rings is 1. The first-order valence-corrected chi connectivity index (χ1v) is 6.55. The van der Waals surface area contributed by atoms with Crippen LogP contribution in [-0.4, -0.2) is 16.1 Å². The highest BCUT2D eigenvalue weighted by Crippen LogP contribution is 2.25. The maximum absolute atomic E-state index is 6.25. The monoisotopic (exact) mass is 263 g/mol. The van der Waals surface area contributed by atoms with Crippen LogP contribution in [0.1, 0.15) is 18.2 Å². The molecule has 0 bridgehead atoms. The summed E-state index contributed by atoms with van der Waals surface area (Å²) in [4.78, 5) is 4.58. The zero-order chi connectivity index (χ0) is 13.1. The van der Waals surface area contributed by atoms with Gasteiger partial charge in [0.2, 0.25) is 0 Å². The zero-order valence-electron chi connectivity index (χ0n) is 10.8. The molecule has 2 N–H and O–H groups in total. The second kappa shape index (κ2) is 5.55. The molecule has 1 aromatic carbocycles. The van der Waals surface area contributed by atoms with Crippen molar-refractivity contribution >= 4 is 11.6 Å². The van der Waals surface area contributed by atoms with Crippen LogP contribution in [0, 0.1) is 0 Å². The number of benzene rings is 1. The van der Waals surface area contributed by atoms with E-state index in [2.05, 4.69) is 36.2 Å². The summed E-state index contributed by atoms with van der Waals surface area (Å²) in [6.07, 6.45) is 1.75. The van der Waals surface area contributed by atoms with Crippen LogP contribution in [0.4, 0.5) is 0 Å². The summed E-state index contributed by atoms with van der Waals surface area (Å²) in [6.45, 7) is 2.71. The van der Waals surface area contributed by atoms with Crippen LogP contribution in [0.3, 0.4) is 0 Å². The van der Waals surface area contributed by atoms with E-state index in [9.17, 15) is 0 Å². The third-order valence-electron chi connectivity index (χ3n) is 3.09. The van der Waals surface area contributed by atoms with Crippen LogP contribution >= 0.6 is 11.6 Å². The van der Waals surface area contributed by atoms with Gasteiger partial charge in [0, 0.05) is 19.0 Å². The Kier molecular flexibility index (Phi) is 4.04. The Balaban J connectivity index is 2.40. The molecule has 0 spiro atoms. The molecule has 0 atom stereocenters. The molecule has 0 aliphatic carbocycles. The van der Waals surface area contributed by atoms with Gasteiger partial charge in [-0.2, -0.15) is 0 Å². The molecule has 1 aromatic heterocycles. The third kappa shape index (κ3) is 2.42. The number of aryl methyl sites for hydroxylation is 1. The van der Waals surface area contributed by atoms with E-state index in [1.807, 2.05) is 11.6 Å². The van der Waals surface area contributed by atoms with E-state index in [1.54, 1.807) is 0 Å². The summed E-state index contributed by atoms with van der Waals surface area (Å²) in [6, 6.07) is 8.43. The van der Waals surface area contributed by atoms with Gasteiger partial charge < -0.3 is 10.3 Å². The van der Waals surface area contributed by atoms with Gasteiger partial charge in [0.25, 0.3) is 0 Å². The lowest BCUT2D eigenvalue weighted by Crippen LogP contribution is -2.03. The quantitative estimate of drug-likeness (QED) is 0.922. The number of hydrogen-bond acceptors (Lipinski definition) is 2. The number of nitrogens with zero attached hydrogens (tertiary/aromatic N) is 2. The van der Waals surface area contributed by atoms with Gasteiger partial charge in [-0.15, -0.1) is 0 Å². The topological polar surface area (TPSA) is 43.8 Å².